The van der Waals surface area contributed by atoms with Crippen molar-refractivity contribution in [3.8, 4) is 0 Å². The third-order valence-corrected chi connectivity index (χ3v) is 3.00. The zero-order valence-electron chi connectivity index (χ0n) is 12.4. The lowest BCUT2D eigenvalue weighted by Crippen LogP contribution is -2.38. The summed E-state index contributed by atoms with van der Waals surface area (Å²) in [4.78, 5) is 21.6. The molecule has 21 heavy (non-hydrogen) atoms. The summed E-state index contributed by atoms with van der Waals surface area (Å²) in [5.74, 6) is -0.323. The van der Waals surface area contributed by atoms with Crippen molar-refractivity contribution < 1.29 is 14.8 Å². The number of hydrogen-bond donors (Lipinski definition) is 2. The third-order valence-electron chi connectivity index (χ3n) is 3.00. The molecule has 0 bridgehead atoms. The van der Waals surface area contributed by atoms with Gasteiger partial charge in [-0.2, -0.15) is 0 Å². The van der Waals surface area contributed by atoms with Crippen molar-refractivity contribution in [1.82, 2.24) is 5.32 Å². The zero-order chi connectivity index (χ0) is 16.0. The Morgan fingerprint density at radius 1 is 1.38 bits per heavy atom. The summed E-state index contributed by atoms with van der Waals surface area (Å²) in [6, 6.07) is 5.87. The second kappa shape index (κ2) is 6.99. The number of nitro groups is 1. The van der Waals surface area contributed by atoms with Crippen molar-refractivity contribution in [2.75, 3.05) is 6.54 Å². The first-order valence-electron chi connectivity index (χ1n) is 6.58. The quantitative estimate of drug-likeness (QED) is 0.494. The molecule has 1 rings (SSSR count). The molecule has 114 valence electrons. The summed E-state index contributed by atoms with van der Waals surface area (Å²) in [5.41, 5.74) is 0.395. The molecule has 2 N–H and O–H groups in total. The van der Waals surface area contributed by atoms with Crippen molar-refractivity contribution in [3.63, 3.8) is 0 Å². The van der Waals surface area contributed by atoms with Crippen LogP contribution in [0.2, 0.25) is 0 Å². The molecular formula is C15H20N2O4. The minimum Gasteiger partial charge on any atom is -0.391 e. The summed E-state index contributed by atoms with van der Waals surface area (Å²) in [5, 5.41) is 22.9. The van der Waals surface area contributed by atoms with E-state index in [4.69, 9.17) is 0 Å². The first-order chi connectivity index (χ1) is 9.70. The van der Waals surface area contributed by atoms with Crippen LogP contribution >= 0.6 is 0 Å². The van der Waals surface area contributed by atoms with Crippen molar-refractivity contribution in [2.45, 2.75) is 26.9 Å². The van der Waals surface area contributed by atoms with Gasteiger partial charge in [0.1, 0.15) is 0 Å². The summed E-state index contributed by atoms with van der Waals surface area (Å²) in [7, 11) is 0. The minimum atomic E-state index is -0.630. The molecule has 0 spiro atoms. The SMILES string of the molecule is CC(C)(C)C(O)CNC(=O)/C=C/c1ccc([N+](=O)[O-])cc1. The number of hydrogen-bond acceptors (Lipinski definition) is 4. The molecule has 6 heteroatoms. The minimum absolute atomic E-state index is 0.00454. The number of non-ortho nitro benzene ring substituents is 1. The number of nitro benzene ring substituents is 1. The van der Waals surface area contributed by atoms with Gasteiger partial charge in [0.2, 0.25) is 5.91 Å². The largest absolute Gasteiger partial charge is 0.391 e. The van der Waals surface area contributed by atoms with Gasteiger partial charge in [-0.1, -0.05) is 20.8 Å². The fraction of sp³-hybridized carbons (Fsp3) is 0.400. The fourth-order valence-corrected chi connectivity index (χ4v) is 1.44. The molecule has 0 aromatic heterocycles. The van der Waals surface area contributed by atoms with E-state index in [9.17, 15) is 20.0 Å². The standard InChI is InChI=1S/C15H20N2O4/c1-15(2,3)13(18)10-16-14(19)9-6-11-4-7-12(8-5-11)17(20)21/h4-9,13,18H,10H2,1-3H3,(H,16,19)/b9-6+. The molecule has 0 heterocycles. The summed E-state index contributed by atoms with van der Waals surface area (Å²) in [6.07, 6.45) is 2.26. The van der Waals surface area contributed by atoms with Crippen LogP contribution in [-0.2, 0) is 4.79 Å². The Hall–Kier alpha value is -2.21. The number of rotatable bonds is 5. The predicted octanol–water partition coefficient (Wildman–Crippen LogP) is 2.13. The van der Waals surface area contributed by atoms with E-state index in [0.717, 1.165) is 0 Å². The number of aliphatic hydroxyl groups excluding tert-OH is 1. The van der Waals surface area contributed by atoms with Gasteiger partial charge >= 0.3 is 0 Å². The average Bonchev–Trinajstić information content (AvgIpc) is 2.41. The maximum Gasteiger partial charge on any atom is 0.269 e. The molecule has 0 aliphatic heterocycles. The van der Waals surface area contributed by atoms with E-state index < -0.39 is 11.0 Å². The second-order valence-corrected chi connectivity index (χ2v) is 5.81. The van der Waals surface area contributed by atoms with Gasteiger partial charge in [0.25, 0.3) is 5.69 Å². The number of carbonyl (C=O) groups excluding carboxylic acids is 1. The highest BCUT2D eigenvalue weighted by Crippen LogP contribution is 2.18. The number of carbonyl (C=O) groups is 1. The van der Waals surface area contributed by atoms with E-state index in [1.54, 1.807) is 18.2 Å². The van der Waals surface area contributed by atoms with Gasteiger partial charge in [0, 0.05) is 24.8 Å². The first kappa shape index (κ1) is 16.8. The Labute approximate surface area is 123 Å². The van der Waals surface area contributed by atoms with Gasteiger partial charge < -0.3 is 10.4 Å². The Morgan fingerprint density at radius 3 is 2.43 bits per heavy atom. The number of amides is 1. The molecule has 0 fully saturated rings. The highest BCUT2D eigenvalue weighted by Gasteiger charge is 2.21. The molecule has 0 aliphatic carbocycles. The lowest BCUT2D eigenvalue weighted by atomic mass is 9.89. The van der Waals surface area contributed by atoms with Crippen molar-refractivity contribution in [2.24, 2.45) is 5.41 Å². The Balaban J connectivity index is 2.52. The van der Waals surface area contributed by atoms with Crippen LogP contribution in [0.3, 0.4) is 0 Å². The van der Waals surface area contributed by atoms with Crippen LogP contribution in [0.25, 0.3) is 6.08 Å². The Kier molecular flexibility index (Phi) is 5.60. The van der Waals surface area contributed by atoms with E-state index in [2.05, 4.69) is 5.32 Å². The highest BCUT2D eigenvalue weighted by molar-refractivity contribution is 5.91. The third kappa shape index (κ3) is 5.74. The van der Waals surface area contributed by atoms with Crippen LogP contribution in [0.5, 0.6) is 0 Å². The molecule has 0 aliphatic rings. The maximum absolute atomic E-state index is 11.6. The second-order valence-electron chi connectivity index (χ2n) is 5.81. The molecular weight excluding hydrogens is 272 g/mol. The molecule has 6 nitrogen and oxygen atoms in total. The number of benzene rings is 1. The van der Waals surface area contributed by atoms with Crippen molar-refractivity contribution in [3.05, 3.63) is 46.0 Å². The number of nitrogens with zero attached hydrogens (tertiary/aromatic N) is 1. The lowest BCUT2D eigenvalue weighted by molar-refractivity contribution is -0.384. The number of aliphatic hydroxyl groups is 1. The van der Waals surface area contributed by atoms with Gasteiger partial charge in [0.05, 0.1) is 11.0 Å². The van der Waals surface area contributed by atoms with Gasteiger partial charge in [0.15, 0.2) is 0 Å². The molecule has 1 aromatic rings. The topological polar surface area (TPSA) is 92.5 Å². The van der Waals surface area contributed by atoms with Crippen molar-refractivity contribution in [1.29, 1.82) is 0 Å². The van der Waals surface area contributed by atoms with Crippen LogP contribution in [0.15, 0.2) is 30.3 Å². The Bertz CT molecular complexity index is 530. The predicted molar refractivity (Wildman–Crippen MR) is 80.6 cm³/mol. The molecule has 1 unspecified atom stereocenters. The summed E-state index contributed by atoms with van der Waals surface area (Å²) < 4.78 is 0. The van der Waals surface area contributed by atoms with E-state index in [-0.39, 0.29) is 23.6 Å². The molecule has 0 saturated heterocycles. The molecule has 0 saturated carbocycles. The van der Waals surface area contributed by atoms with E-state index in [0.29, 0.717) is 5.56 Å². The van der Waals surface area contributed by atoms with Crippen LogP contribution < -0.4 is 5.32 Å². The van der Waals surface area contributed by atoms with E-state index in [1.807, 2.05) is 20.8 Å². The fourth-order valence-electron chi connectivity index (χ4n) is 1.44. The Morgan fingerprint density at radius 2 is 1.95 bits per heavy atom. The normalized spacial score (nSPS) is 13.1. The molecule has 1 atom stereocenters. The zero-order valence-corrected chi connectivity index (χ0v) is 12.4. The lowest BCUT2D eigenvalue weighted by Gasteiger charge is -2.25. The van der Waals surface area contributed by atoms with Crippen molar-refractivity contribution >= 4 is 17.7 Å². The van der Waals surface area contributed by atoms with E-state index >= 15 is 0 Å². The summed E-state index contributed by atoms with van der Waals surface area (Å²) in [6.45, 7) is 5.83. The van der Waals surface area contributed by atoms with Crippen LogP contribution in [0.4, 0.5) is 5.69 Å². The van der Waals surface area contributed by atoms with Gasteiger partial charge in [-0.15, -0.1) is 0 Å². The molecule has 1 amide bonds. The van der Waals surface area contributed by atoms with Crippen LogP contribution in [0.1, 0.15) is 26.3 Å². The smallest absolute Gasteiger partial charge is 0.269 e. The maximum atomic E-state index is 11.6. The van der Waals surface area contributed by atoms with Gasteiger partial charge in [-0.05, 0) is 29.2 Å². The first-order valence-corrected chi connectivity index (χ1v) is 6.58. The summed E-state index contributed by atoms with van der Waals surface area (Å²) >= 11 is 0. The van der Waals surface area contributed by atoms with Gasteiger partial charge in [-0.3, -0.25) is 14.9 Å². The van der Waals surface area contributed by atoms with Gasteiger partial charge in [-0.25, -0.2) is 0 Å². The molecule has 1 aromatic carbocycles. The number of nitrogens with one attached hydrogen (secondary N) is 1. The monoisotopic (exact) mass is 292 g/mol. The molecule has 0 radical (unpaired) electrons. The highest BCUT2D eigenvalue weighted by atomic mass is 16.6. The van der Waals surface area contributed by atoms with Crippen LogP contribution in [-0.4, -0.2) is 28.6 Å². The van der Waals surface area contributed by atoms with Crippen LogP contribution in [0, 0.1) is 15.5 Å². The average molecular weight is 292 g/mol. The van der Waals surface area contributed by atoms with E-state index in [1.165, 1.54) is 18.2 Å².